The molecule has 0 unspecified atom stereocenters. The minimum atomic E-state index is 0. The van der Waals surface area contributed by atoms with Crippen LogP contribution < -0.4 is 20.5 Å². The molecule has 0 bridgehead atoms. The van der Waals surface area contributed by atoms with Crippen molar-refractivity contribution < 1.29 is 9.47 Å². The predicted octanol–water partition coefficient (Wildman–Crippen LogP) is 3.87. The number of halogens is 1. The fourth-order valence-electron chi connectivity index (χ4n) is 2.48. The first-order valence-electron chi connectivity index (χ1n) is 7.38. The molecule has 0 amide bonds. The van der Waals surface area contributed by atoms with Crippen LogP contribution in [0.1, 0.15) is 16.7 Å². The maximum Gasteiger partial charge on any atom is 0.193 e. The van der Waals surface area contributed by atoms with E-state index in [-0.39, 0.29) is 24.0 Å². The maximum absolute atomic E-state index is 5.98. The highest BCUT2D eigenvalue weighted by atomic mass is 127. The Morgan fingerprint density at radius 2 is 1.75 bits per heavy atom. The molecule has 0 saturated carbocycles. The first-order chi connectivity index (χ1) is 11.0. The van der Waals surface area contributed by atoms with Gasteiger partial charge < -0.3 is 20.5 Å². The fraction of sp³-hybridized carbons (Fsp3) is 0.278. The van der Waals surface area contributed by atoms with Gasteiger partial charge in [0.05, 0.1) is 20.8 Å². The Kier molecular flexibility index (Phi) is 7.84. The van der Waals surface area contributed by atoms with E-state index in [1.54, 1.807) is 14.2 Å². The number of benzene rings is 2. The summed E-state index contributed by atoms with van der Waals surface area (Å²) >= 11 is 0. The summed E-state index contributed by atoms with van der Waals surface area (Å²) in [6.45, 7) is 4.50. The Balaban J connectivity index is 0.00000288. The van der Waals surface area contributed by atoms with Crippen molar-refractivity contribution in [3.8, 4) is 11.5 Å². The quantitative estimate of drug-likeness (QED) is 0.420. The van der Waals surface area contributed by atoms with Gasteiger partial charge in [-0.05, 0) is 43.2 Å². The smallest absolute Gasteiger partial charge is 0.193 e. The van der Waals surface area contributed by atoms with Crippen LogP contribution in [0.15, 0.2) is 41.4 Å². The molecule has 6 heteroatoms. The third kappa shape index (κ3) is 5.30. The molecule has 0 aromatic heterocycles. The Labute approximate surface area is 160 Å². The van der Waals surface area contributed by atoms with Gasteiger partial charge in [0.2, 0.25) is 0 Å². The van der Waals surface area contributed by atoms with Crippen molar-refractivity contribution in [3.63, 3.8) is 0 Å². The molecule has 130 valence electrons. The zero-order valence-corrected chi connectivity index (χ0v) is 16.8. The van der Waals surface area contributed by atoms with E-state index in [2.05, 4.69) is 16.4 Å². The molecule has 5 nitrogen and oxygen atoms in total. The van der Waals surface area contributed by atoms with Gasteiger partial charge in [0.25, 0.3) is 0 Å². The van der Waals surface area contributed by atoms with E-state index in [1.165, 1.54) is 11.1 Å². The van der Waals surface area contributed by atoms with Crippen LogP contribution >= 0.6 is 24.0 Å². The summed E-state index contributed by atoms with van der Waals surface area (Å²) < 4.78 is 10.7. The van der Waals surface area contributed by atoms with Crippen LogP contribution in [0, 0.1) is 13.8 Å². The van der Waals surface area contributed by atoms with Crippen LogP contribution in [-0.4, -0.2) is 20.2 Å². The number of aryl methyl sites for hydroxylation is 2. The molecule has 2 rings (SSSR count). The highest BCUT2D eigenvalue weighted by Gasteiger charge is 2.08. The molecule has 0 fully saturated rings. The molecule has 2 aromatic rings. The third-order valence-corrected chi connectivity index (χ3v) is 3.40. The number of aliphatic imine (C=N–C) groups is 1. The van der Waals surface area contributed by atoms with E-state index in [1.807, 2.05) is 44.2 Å². The lowest BCUT2D eigenvalue weighted by Crippen LogP contribution is -2.22. The molecular formula is C18H24IN3O2. The van der Waals surface area contributed by atoms with Crippen molar-refractivity contribution in [1.82, 2.24) is 0 Å². The van der Waals surface area contributed by atoms with Crippen molar-refractivity contribution in [2.24, 2.45) is 10.7 Å². The summed E-state index contributed by atoms with van der Waals surface area (Å²) in [4.78, 5) is 4.38. The molecule has 3 N–H and O–H groups in total. The summed E-state index contributed by atoms with van der Waals surface area (Å²) in [5, 5.41) is 3.12. The Bertz CT molecular complexity index is 697. The summed E-state index contributed by atoms with van der Waals surface area (Å²) in [5.41, 5.74) is 10.2. The number of hydrogen-bond acceptors (Lipinski definition) is 3. The van der Waals surface area contributed by atoms with Gasteiger partial charge >= 0.3 is 0 Å². The minimum absolute atomic E-state index is 0. The van der Waals surface area contributed by atoms with Gasteiger partial charge in [-0.15, -0.1) is 24.0 Å². The first kappa shape index (κ1) is 20.1. The SMILES string of the molecule is COc1cccc(CN=C(N)Nc2cc(C)cc(C)c2)c1OC.I. The third-order valence-electron chi connectivity index (χ3n) is 3.40. The molecule has 0 aliphatic rings. The summed E-state index contributed by atoms with van der Waals surface area (Å²) in [5.74, 6) is 1.72. The lowest BCUT2D eigenvalue weighted by atomic mass is 10.1. The summed E-state index contributed by atoms with van der Waals surface area (Å²) in [6, 6.07) is 11.9. The van der Waals surface area contributed by atoms with Crippen LogP contribution in [0.3, 0.4) is 0 Å². The van der Waals surface area contributed by atoms with Crippen molar-refractivity contribution >= 4 is 35.6 Å². The second-order valence-electron chi connectivity index (χ2n) is 5.36. The highest BCUT2D eigenvalue weighted by molar-refractivity contribution is 14.0. The highest BCUT2D eigenvalue weighted by Crippen LogP contribution is 2.31. The van der Waals surface area contributed by atoms with E-state index in [0.29, 0.717) is 24.0 Å². The van der Waals surface area contributed by atoms with Gasteiger partial charge in [-0.2, -0.15) is 0 Å². The number of nitrogens with two attached hydrogens (primary N) is 1. The topological polar surface area (TPSA) is 68.9 Å². The van der Waals surface area contributed by atoms with Crippen molar-refractivity contribution in [2.75, 3.05) is 19.5 Å². The van der Waals surface area contributed by atoms with Gasteiger partial charge in [0.15, 0.2) is 17.5 Å². The molecule has 2 aromatic carbocycles. The largest absolute Gasteiger partial charge is 0.493 e. The second kappa shape index (κ2) is 9.36. The number of methoxy groups -OCH3 is 2. The van der Waals surface area contributed by atoms with Crippen LogP contribution in [0.2, 0.25) is 0 Å². The molecule has 0 radical (unpaired) electrons. The van der Waals surface area contributed by atoms with Crippen LogP contribution in [0.25, 0.3) is 0 Å². The van der Waals surface area contributed by atoms with E-state index < -0.39 is 0 Å². The number of nitrogens with zero attached hydrogens (tertiary/aromatic N) is 1. The van der Waals surface area contributed by atoms with E-state index in [4.69, 9.17) is 15.2 Å². The number of hydrogen-bond donors (Lipinski definition) is 2. The Morgan fingerprint density at radius 3 is 2.33 bits per heavy atom. The number of ether oxygens (including phenoxy) is 2. The zero-order valence-electron chi connectivity index (χ0n) is 14.4. The van der Waals surface area contributed by atoms with Crippen molar-refractivity contribution in [1.29, 1.82) is 0 Å². The number of nitrogens with one attached hydrogen (secondary N) is 1. The van der Waals surface area contributed by atoms with Gasteiger partial charge in [0, 0.05) is 11.3 Å². The van der Waals surface area contributed by atoms with Gasteiger partial charge in [-0.3, -0.25) is 0 Å². The molecule has 0 spiro atoms. The second-order valence-corrected chi connectivity index (χ2v) is 5.36. The van der Waals surface area contributed by atoms with E-state index in [0.717, 1.165) is 11.3 Å². The maximum atomic E-state index is 5.98. The fourth-order valence-corrected chi connectivity index (χ4v) is 2.48. The average molecular weight is 441 g/mol. The molecular weight excluding hydrogens is 417 g/mol. The van der Waals surface area contributed by atoms with Gasteiger partial charge in [-0.25, -0.2) is 4.99 Å². The lowest BCUT2D eigenvalue weighted by molar-refractivity contribution is 0.352. The number of rotatable bonds is 5. The molecule has 0 aliphatic heterocycles. The lowest BCUT2D eigenvalue weighted by Gasteiger charge is -2.12. The molecule has 0 heterocycles. The number of para-hydroxylation sites is 1. The van der Waals surface area contributed by atoms with Crippen molar-refractivity contribution in [2.45, 2.75) is 20.4 Å². The van der Waals surface area contributed by atoms with Crippen molar-refractivity contribution in [3.05, 3.63) is 53.1 Å². The van der Waals surface area contributed by atoms with Gasteiger partial charge in [0.1, 0.15) is 0 Å². The van der Waals surface area contributed by atoms with Crippen LogP contribution in [0.5, 0.6) is 11.5 Å². The van der Waals surface area contributed by atoms with Gasteiger partial charge in [-0.1, -0.05) is 18.2 Å². The molecule has 0 saturated heterocycles. The van der Waals surface area contributed by atoms with E-state index >= 15 is 0 Å². The zero-order chi connectivity index (χ0) is 16.8. The molecule has 24 heavy (non-hydrogen) atoms. The average Bonchev–Trinajstić information content (AvgIpc) is 2.51. The van der Waals surface area contributed by atoms with E-state index in [9.17, 15) is 0 Å². The molecule has 0 aliphatic carbocycles. The summed E-state index contributed by atoms with van der Waals surface area (Å²) in [7, 11) is 3.23. The predicted molar refractivity (Wildman–Crippen MR) is 110 cm³/mol. The first-order valence-corrected chi connectivity index (χ1v) is 7.38. The number of anilines is 1. The monoisotopic (exact) mass is 441 g/mol. The van der Waals surface area contributed by atoms with Crippen LogP contribution in [-0.2, 0) is 6.54 Å². The van der Waals surface area contributed by atoms with Crippen LogP contribution in [0.4, 0.5) is 5.69 Å². The standard InChI is InChI=1S/C18H23N3O2.HI/c1-12-8-13(2)10-15(9-12)21-18(19)20-11-14-6-5-7-16(22-3)17(14)23-4;/h5-10H,11H2,1-4H3,(H3,19,20,21);1H. The normalized spacial score (nSPS) is 10.8. The molecule has 0 atom stereocenters. The number of guanidine groups is 1. The summed E-state index contributed by atoms with van der Waals surface area (Å²) in [6.07, 6.45) is 0. The Morgan fingerprint density at radius 1 is 1.08 bits per heavy atom. The minimum Gasteiger partial charge on any atom is -0.493 e. The Hall–Kier alpha value is -1.96.